The topological polar surface area (TPSA) is 100 Å². The van der Waals surface area contributed by atoms with Crippen molar-refractivity contribution >= 4 is 0 Å². The van der Waals surface area contributed by atoms with Gasteiger partial charge in [-0.15, -0.1) is 0 Å². The van der Waals surface area contributed by atoms with Crippen molar-refractivity contribution in [1.29, 1.82) is 0 Å². The van der Waals surface area contributed by atoms with E-state index in [0.717, 1.165) is 0 Å². The third kappa shape index (κ3) is 41.2. The molecule has 0 spiro atoms. The Hall–Kier alpha value is 3.82. The molecule has 0 bridgehead atoms. The summed E-state index contributed by atoms with van der Waals surface area (Å²) in [6.07, 6.45) is 0. The number of hydrogen-bond acceptors (Lipinski definition) is 0. The van der Waals surface area contributed by atoms with Gasteiger partial charge in [-0.2, -0.15) is 0 Å². The Kier molecular flexibility index (Phi) is 536. The maximum Gasteiger partial charge on any atom is 3.00 e. The van der Waals surface area contributed by atoms with Gasteiger partial charge in [0, 0.05) is 98.1 Å². The van der Waals surface area contributed by atoms with Crippen LogP contribution in [0.3, 0.4) is 0 Å². The first-order chi connectivity index (χ1) is 0. The molecule has 0 fully saturated rings. The van der Waals surface area contributed by atoms with Crippen molar-refractivity contribution in [3.8, 4) is 0 Å². The zero-order chi connectivity index (χ0) is 0. The second-order valence-electron chi connectivity index (χ2n) is 0. The van der Waals surface area contributed by atoms with Crippen molar-refractivity contribution in [3.63, 3.8) is 0 Å². The van der Waals surface area contributed by atoms with Crippen LogP contribution in [-0.4, -0.2) is 0 Å². The molecule has 0 aliphatic carbocycles. The van der Waals surface area contributed by atoms with E-state index in [-0.39, 0.29) is 136 Å². The molecule has 0 unspecified atom stereocenters. The summed E-state index contributed by atoms with van der Waals surface area (Å²) in [5.41, 5.74) is 0. The van der Waals surface area contributed by atoms with E-state index in [1.54, 1.807) is 0 Å². The Morgan fingerprint density at radius 3 is 0.429 bits per heavy atom. The average molecular weight is 416 g/mol. The first-order valence-corrected chi connectivity index (χ1v) is 0. The van der Waals surface area contributed by atoms with Crippen molar-refractivity contribution in [1.82, 2.24) is 0 Å². The molecule has 0 aromatic rings. The van der Waals surface area contributed by atoms with E-state index >= 15 is 0 Å². The molecule has 0 aromatic carbocycles. The summed E-state index contributed by atoms with van der Waals surface area (Å²) in [7, 11) is 0. The van der Waals surface area contributed by atoms with Gasteiger partial charge in [0.1, 0.15) is 0 Å². The summed E-state index contributed by atoms with van der Waals surface area (Å²) < 4.78 is 0. The van der Waals surface area contributed by atoms with Crippen molar-refractivity contribution in [2.75, 3.05) is 0 Å². The van der Waals surface area contributed by atoms with Crippen LogP contribution in [0.5, 0.6) is 0 Å². The van der Waals surface area contributed by atoms with Crippen LogP contribution in [0.25, 0.3) is 18.5 Å². The number of rotatable bonds is 0. The second-order valence-corrected chi connectivity index (χ2v) is 0. The van der Waals surface area contributed by atoms with Crippen molar-refractivity contribution in [2.45, 2.75) is 0 Å². The fourth-order valence-electron chi connectivity index (χ4n) is 0. The molecule has 4 radical (unpaired) electrons. The molecule has 0 aliphatic heterocycles. The van der Waals surface area contributed by atoms with Gasteiger partial charge >= 0.3 is 19.5 Å². The van der Waals surface area contributed by atoms with Crippen LogP contribution in [0.4, 0.5) is 0 Å². The molecule has 0 aromatic heterocycles. The van der Waals surface area contributed by atoms with Gasteiger partial charge in [0.05, 0.1) is 0 Å². The average Bonchev–Trinajstić information content (AvgIpc) is 0. The molecule has 3 nitrogen and oxygen atoms in total. The zero-order valence-corrected chi connectivity index (χ0v) is 14.1. The third-order valence-corrected chi connectivity index (χ3v) is 0. The van der Waals surface area contributed by atoms with E-state index in [9.17, 15) is 0 Å². The van der Waals surface area contributed by atoms with Crippen molar-refractivity contribution in [3.05, 3.63) is 18.5 Å². The van der Waals surface area contributed by atoms with Crippen LogP contribution in [0.15, 0.2) is 0 Å². The minimum absolute atomic E-state index is 0. The molecule has 0 amide bonds. The van der Waals surface area contributed by atoms with Gasteiger partial charge in [-0.25, -0.2) is 0 Å². The molecule has 0 heterocycles. The fourth-order valence-corrected chi connectivity index (χ4v) is 0. The molecule has 7 heteroatoms. The zero-order valence-electron chi connectivity index (χ0n) is 3.82. The SMILES string of the molecule is [NH2-].[NH2-].[NH2-].[Ru+3].[Y].[Y].[Y]. The molecule has 0 aliphatic rings. The van der Waals surface area contributed by atoms with E-state index in [1.807, 2.05) is 0 Å². The normalized spacial score (nSPS) is 0. The molecule has 0 saturated heterocycles. The minimum atomic E-state index is 0. The third-order valence-electron chi connectivity index (χ3n) is 0. The molecular weight excluding hydrogens is 410 g/mol. The van der Waals surface area contributed by atoms with E-state index in [2.05, 4.69) is 0 Å². The fraction of sp³-hybridized carbons (Fsp3) is 0. The molecule has 6 N–H and O–H groups in total. The molecule has 38 valence electrons. The molecular formula is H6N3RuY3. The van der Waals surface area contributed by atoms with E-state index in [1.165, 1.54) is 0 Å². The van der Waals surface area contributed by atoms with Crippen molar-refractivity contribution in [2.24, 2.45) is 0 Å². The summed E-state index contributed by atoms with van der Waals surface area (Å²) >= 11 is 0. The predicted octanol–water partition coefficient (Wildman–Crippen LogP) is 2.14. The Morgan fingerprint density at radius 1 is 0.429 bits per heavy atom. The van der Waals surface area contributed by atoms with Crippen LogP contribution in [0, 0.1) is 0 Å². The first-order valence-electron chi connectivity index (χ1n) is 0. The summed E-state index contributed by atoms with van der Waals surface area (Å²) in [6.45, 7) is 0. The molecule has 7 heavy (non-hydrogen) atoms. The van der Waals surface area contributed by atoms with Gasteiger partial charge < -0.3 is 18.5 Å². The van der Waals surface area contributed by atoms with Gasteiger partial charge in [0.2, 0.25) is 0 Å². The number of hydrogen-bond donors (Lipinski definition) is 0. The van der Waals surface area contributed by atoms with Gasteiger partial charge in [0.25, 0.3) is 0 Å². The van der Waals surface area contributed by atoms with Crippen molar-refractivity contribution < 1.29 is 118 Å². The van der Waals surface area contributed by atoms with Crippen LogP contribution >= 0.6 is 0 Å². The molecule has 0 atom stereocenters. The predicted molar refractivity (Wildman–Crippen MR) is 15.9 cm³/mol. The quantitative estimate of drug-likeness (QED) is 0.541. The van der Waals surface area contributed by atoms with Crippen LogP contribution in [0.1, 0.15) is 0 Å². The second kappa shape index (κ2) is 52.4. The van der Waals surface area contributed by atoms with Crippen LogP contribution < -0.4 is 0 Å². The van der Waals surface area contributed by atoms with Gasteiger partial charge in [-0.1, -0.05) is 0 Å². The smallest absolute Gasteiger partial charge is 0.693 e. The van der Waals surface area contributed by atoms with Gasteiger partial charge in [0.15, 0.2) is 0 Å². The maximum atomic E-state index is 0. The van der Waals surface area contributed by atoms with E-state index in [4.69, 9.17) is 0 Å². The van der Waals surface area contributed by atoms with Crippen LogP contribution in [-0.2, 0) is 118 Å². The van der Waals surface area contributed by atoms with E-state index < -0.39 is 0 Å². The van der Waals surface area contributed by atoms with Gasteiger partial charge in [-0.3, -0.25) is 0 Å². The number of nitrogens with two attached hydrogens (primary N) is 3. The van der Waals surface area contributed by atoms with Gasteiger partial charge in [-0.05, 0) is 0 Å². The van der Waals surface area contributed by atoms with Crippen LogP contribution in [0.2, 0.25) is 0 Å². The summed E-state index contributed by atoms with van der Waals surface area (Å²) in [6, 6.07) is 0. The molecule has 0 saturated carbocycles. The van der Waals surface area contributed by atoms with E-state index in [0.29, 0.717) is 0 Å². The maximum absolute atomic E-state index is 0. The standard InChI is InChI=1S/3H2N.Ru.3Y/h3*1H2;;;;/q3*-1;+3;;;. The largest absolute Gasteiger partial charge is 3.00 e. The Bertz CT molecular complexity index is 10.1. The summed E-state index contributed by atoms with van der Waals surface area (Å²) in [4.78, 5) is 0. The Balaban J connectivity index is 0. The Labute approximate surface area is 133 Å². The summed E-state index contributed by atoms with van der Waals surface area (Å²) in [5, 5.41) is 0. The molecule has 0 rings (SSSR count). The monoisotopic (exact) mass is 417 g/mol. The summed E-state index contributed by atoms with van der Waals surface area (Å²) in [5.74, 6) is 0. The first kappa shape index (κ1) is 71.6. The minimum Gasteiger partial charge on any atom is -0.693 e. The Morgan fingerprint density at radius 2 is 0.429 bits per heavy atom.